The fourth-order valence-electron chi connectivity index (χ4n) is 2.79. The molecule has 0 atom stereocenters. The molecule has 0 bridgehead atoms. The van der Waals surface area contributed by atoms with Crippen LogP contribution in [0.3, 0.4) is 0 Å². The third-order valence-corrected chi connectivity index (χ3v) is 4.28. The van der Waals surface area contributed by atoms with Crippen molar-refractivity contribution in [2.75, 3.05) is 5.32 Å². The SMILES string of the molecule is O=C(/C=C/c1ccc(-c2cccc(C(F)(F)F)c2)cc1)Nc1ccccc1C(=O)O. The number of benzene rings is 3. The van der Waals surface area contributed by atoms with Crippen molar-refractivity contribution in [3.8, 4) is 11.1 Å². The highest BCUT2D eigenvalue weighted by atomic mass is 19.4. The first-order chi connectivity index (χ1) is 14.2. The fraction of sp³-hybridized carbons (Fsp3) is 0.0435. The third kappa shape index (κ3) is 5.14. The zero-order valence-corrected chi connectivity index (χ0v) is 15.5. The number of hydrogen-bond acceptors (Lipinski definition) is 2. The van der Waals surface area contributed by atoms with Crippen molar-refractivity contribution in [2.45, 2.75) is 6.18 Å². The number of hydrogen-bond donors (Lipinski definition) is 2. The molecule has 0 aromatic heterocycles. The summed E-state index contributed by atoms with van der Waals surface area (Å²) >= 11 is 0. The van der Waals surface area contributed by atoms with Crippen LogP contribution in [0.4, 0.5) is 18.9 Å². The van der Waals surface area contributed by atoms with Crippen LogP contribution in [0.25, 0.3) is 17.2 Å². The van der Waals surface area contributed by atoms with Crippen LogP contribution in [-0.2, 0) is 11.0 Å². The average Bonchev–Trinajstić information content (AvgIpc) is 2.72. The van der Waals surface area contributed by atoms with Crippen molar-refractivity contribution in [3.05, 3.63) is 95.6 Å². The van der Waals surface area contributed by atoms with Gasteiger partial charge in [0, 0.05) is 6.08 Å². The summed E-state index contributed by atoms with van der Waals surface area (Å²) in [5, 5.41) is 11.6. The highest BCUT2D eigenvalue weighted by Gasteiger charge is 2.30. The van der Waals surface area contributed by atoms with E-state index < -0.39 is 23.6 Å². The molecule has 4 nitrogen and oxygen atoms in total. The molecule has 0 radical (unpaired) electrons. The van der Waals surface area contributed by atoms with Crippen molar-refractivity contribution in [3.63, 3.8) is 0 Å². The first-order valence-electron chi connectivity index (χ1n) is 8.83. The number of aromatic carboxylic acids is 1. The smallest absolute Gasteiger partial charge is 0.416 e. The number of carbonyl (C=O) groups excluding carboxylic acids is 1. The minimum Gasteiger partial charge on any atom is -0.478 e. The Kier molecular flexibility index (Phi) is 6.01. The second-order valence-electron chi connectivity index (χ2n) is 6.37. The molecule has 3 aromatic rings. The van der Waals surface area contributed by atoms with E-state index in [2.05, 4.69) is 5.32 Å². The topological polar surface area (TPSA) is 66.4 Å². The van der Waals surface area contributed by atoms with Gasteiger partial charge in [-0.05, 0) is 47.0 Å². The van der Waals surface area contributed by atoms with Crippen LogP contribution >= 0.6 is 0 Å². The van der Waals surface area contributed by atoms with E-state index in [4.69, 9.17) is 5.11 Å². The zero-order chi connectivity index (χ0) is 21.7. The first kappa shape index (κ1) is 20.9. The predicted molar refractivity (Wildman–Crippen MR) is 108 cm³/mol. The number of alkyl halides is 3. The molecule has 0 heterocycles. The summed E-state index contributed by atoms with van der Waals surface area (Å²) in [6.45, 7) is 0. The normalized spacial score (nSPS) is 11.4. The molecule has 0 aliphatic carbocycles. The molecule has 0 aliphatic heterocycles. The number of carboxylic acids is 1. The van der Waals surface area contributed by atoms with Crippen molar-refractivity contribution in [1.29, 1.82) is 0 Å². The molecular weight excluding hydrogens is 395 g/mol. The largest absolute Gasteiger partial charge is 0.478 e. The number of anilines is 1. The molecule has 0 spiro atoms. The van der Waals surface area contributed by atoms with Gasteiger partial charge in [0.25, 0.3) is 0 Å². The Labute approximate surface area is 170 Å². The van der Waals surface area contributed by atoms with E-state index in [9.17, 15) is 22.8 Å². The second-order valence-corrected chi connectivity index (χ2v) is 6.37. The van der Waals surface area contributed by atoms with Gasteiger partial charge >= 0.3 is 12.1 Å². The maximum Gasteiger partial charge on any atom is 0.416 e. The van der Waals surface area contributed by atoms with Crippen molar-refractivity contribution in [1.82, 2.24) is 0 Å². The average molecular weight is 411 g/mol. The number of carboxylic acid groups (broad SMARTS) is 1. The number of halogens is 3. The summed E-state index contributed by atoms with van der Waals surface area (Å²) in [7, 11) is 0. The van der Waals surface area contributed by atoms with Gasteiger partial charge in [0.15, 0.2) is 0 Å². The lowest BCUT2D eigenvalue weighted by atomic mass is 10.0. The summed E-state index contributed by atoms with van der Waals surface area (Å²) in [5.74, 6) is -1.66. The summed E-state index contributed by atoms with van der Waals surface area (Å²) in [5.41, 5.74) is 1.14. The lowest BCUT2D eigenvalue weighted by Gasteiger charge is -2.09. The molecule has 152 valence electrons. The molecule has 30 heavy (non-hydrogen) atoms. The Hall–Kier alpha value is -3.87. The van der Waals surface area contributed by atoms with Gasteiger partial charge in [0.2, 0.25) is 5.91 Å². The Balaban J connectivity index is 1.71. The summed E-state index contributed by atoms with van der Waals surface area (Å²) in [6, 6.07) is 17.7. The maximum atomic E-state index is 12.9. The fourth-order valence-corrected chi connectivity index (χ4v) is 2.79. The number of para-hydroxylation sites is 1. The van der Waals surface area contributed by atoms with Crippen molar-refractivity contribution < 1.29 is 27.9 Å². The summed E-state index contributed by atoms with van der Waals surface area (Å²) < 4.78 is 38.6. The Morgan fingerprint density at radius 2 is 1.57 bits per heavy atom. The number of amides is 1. The quantitative estimate of drug-likeness (QED) is 0.528. The lowest BCUT2D eigenvalue weighted by Crippen LogP contribution is -2.11. The van der Waals surface area contributed by atoms with Crippen LogP contribution in [0.2, 0.25) is 0 Å². The Morgan fingerprint density at radius 3 is 2.23 bits per heavy atom. The third-order valence-electron chi connectivity index (χ3n) is 4.28. The Morgan fingerprint density at radius 1 is 0.867 bits per heavy atom. The van der Waals surface area contributed by atoms with E-state index in [1.54, 1.807) is 42.5 Å². The van der Waals surface area contributed by atoms with Crippen LogP contribution in [0.1, 0.15) is 21.5 Å². The van der Waals surface area contributed by atoms with Crippen LogP contribution in [-0.4, -0.2) is 17.0 Å². The molecule has 1 amide bonds. The summed E-state index contributed by atoms with van der Waals surface area (Å²) in [4.78, 5) is 23.3. The van der Waals surface area contributed by atoms with Crippen LogP contribution in [0.5, 0.6) is 0 Å². The van der Waals surface area contributed by atoms with E-state index in [1.165, 1.54) is 30.4 Å². The van der Waals surface area contributed by atoms with Gasteiger partial charge in [-0.3, -0.25) is 4.79 Å². The predicted octanol–water partition coefficient (Wildman–Crippen LogP) is 5.72. The number of nitrogens with one attached hydrogen (secondary N) is 1. The first-order valence-corrected chi connectivity index (χ1v) is 8.83. The molecule has 0 saturated carbocycles. The summed E-state index contributed by atoms with van der Waals surface area (Å²) in [6.07, 6.45) is -1.64. The monoisotopic (exact) mass is 411 g/mol. The van der Waals surface area contributed by atoms with Crippen molar-refractivity contribution in [2.24, 2.45) is 0 Å². The standard InChI is InChI=1S/C23H16F3NO3/c24-23(25,26)18-5-3-4-17(14-18)16-11-8-15(9-12-16)10-13-21(28)27-20-7-2-1-6-19(20)22(29)30/h1-14H,(H,27,28)(H,29,30)/b13-10+. The number of rotatable bonds is 5. The van der Waals surface area contributed by atoms with E-state index >= 15 is 0 Å². The minimum absolute atomic E-state index is 0.0234. The van der Waals surface area contributed by atoms with Crippen molar-refractivity contribution >= 4 is 23.6 Å². The van der Waals surface area contributed by atoms with Gasteiger partial charge in [-0.15, -0.1) is 0 Å². The van der Waals surface area contributed by atoms with Gasteiger partial charge < -0.3 is 10.4 Å². The molecule has 0 aliphatic rings. The highest BCUT2D eigenvalue weighted by molar-refractivity contribution is 6.06. The molecular formula is C23H16F3NO3. The van der Waals surface area contributed by atoms with Crippen LogP contribution < -0.4 is 5.32 Å². The van der Waals surface area contributed by atoms with Gasteiger partial charge in [0.05, 0.1) is 16.8 Å². The van der Waals surface area contributed by atoms with Gasteiger partial charge in [0.1, 0.15) is 0 Å². The molecule has 2 N–H and O–H groups in total. The van der Waals surface area contributed by atoms with E-state index in [0.717, 1.165) is 12.1 Å². The highest BCUT2D eigenvalue weighted by Crippen LogP contribution is 2.32. The minimum atomic E-state index is -4.41. The second kappa shape index (κ2) is 8.65. The van der Waals surface area contributed by atoms with E-state index in [0.29, 0.717) is 16.7 Å². The lowest BCUT2D eigenvalue weighted by molar-refractivity contribution is -0.137. The van der Waals surface area contributed by atoms with E-state index in [1.807, 2.05) is 0 Å². The molecule has 0 fully saturated rings. The molecule has 0 saturated heterocycles. The zero-order valence-electron chi connectivity index (χ0n) is 15.5. The number of carbonyl (C=O) groups is 2. The molecule has 7 heteroatoms. The molecule has 3 rings (SSSR count). The van der Waals surface area contributed by atoms with Gasteiger partial charge in [-0.25, -0.2) is 4.79 Å². The van der Waals surface area contributed by atoms with Gasteiger partial charge in [-0.1, -0.05) is 48.5 Å². The van der Waals surface area contributed by atoms with Gasteiger partial charge in [-0.2, -0.15) is 13.2 Å². The maximum absolute atomic E-state index is 12.9. The van der Waals surface area contributed by atoms with Crippen LogP contribution in [0.15, 0.2) is 78.9 Å². The van der Waals surface area contributed by atoms with Crippen LogP contribution in [0, 0.1) is 0 Å². The van der Waals surface area contributed by atoms with E-state index in [-0.39, 0.29) is 11.3 Å². The Bertz CT molecular complexity index is 1100. The molecule has 3 aromatic carbocycles. The molecule has 0 unspecified atom stereocenters.